The Morgan fingerprint density at radius 2 is 2.28 bits per heavy atom. The Kier molecular flexibility index (Phi) is 3.17. The molecule has 1 aliphatic carbocycles. The molecular weight excluding hydrogens is 272 g/mol. The number of morpholine rings is 1. The van der Waals surface area contributed by atoms with Crippen molar-refractivity contribution < 1.29 is 13.2 Å². The molecule has 7 heteroatoms. The number of aromatic nitrogens is 1. The number of nitrogens with zero attached hydrogens (tertiary/aromatic N) is 2. The minimum atomic E-state index is -3.16. The van der Waals surface area contributed by atoms with Crippen LogP contribution in [0.5, 0.6) is 0 Å². The lowest BCUT2D eigenvalue weighted by Gasteiger charge is -2.33. The van der Waals surface area contributed by atoms with Gasteiger partial charge in [0.25, 0.3) is 0 Å². The summed E-state index contributed by atoms with van der Waals surface area (Å²) in [4.78, 5) is 4.41. The molecular formula is C11H16N2O3S2. The highest BCUT2D eigenvalue weighted by atomic mass is 32.2. The van der Waals surface area contributed by atoms with Gasteiger partial charge in [-0.3, -0.25) is 0 Å². The standard InChI is InChI=1S/C11H16N2O3S2/c1-8-12-10(7-17-8)11-6-16-5-4-13(11)18(14,15)9-2-3-9/h7,9,11H,2-6H2,1H3/t11-/m1/s1. The van der Waals surface area contributed by atoms with Gasteiger partial charge in [-0.1, -0.05) is 0 Å². The molecule has 3 rings (SSSR count). The third kappa shape index (κ3) is 2.20. The van der Waals surface area contributed by atoms with E-state index >= 15 is 0 Å². The van der Waals surface area contributed by atoms with Crippen LogP contribution in [0.3, 0.4) is 0 Å². The van der Waals surface area contributed by atoms with Crippen LogP contribution in [-0.2, 0) is 14.8 Å². The molecule has 18 heavy (non-hydrogen) atoms. The van der Waals surface area contributed by atoms with Crippen LogP contribution in [0.25, 0.3) is 0 Å². The zero-order valence-electron chi connectivity index (χ0n) is 10.2. The number of hydrogen-bond donors (Lipinski definition) is 0. The van der Waals surface area contributed by atoms with Gasteiger partial charge in [0.1, 0.15) is 0 Å². The van der Waals surface area contributed by atoms with Gasteiger partial charge in [-0.15, -0.1) is 11.3 Å². The van der Waals surface area contributed by atoms with E-state index in [-0.39, 0.29) is 11.3 Å². The van der Waals surface area contributed by atoms with E-state index in [1.807, 2.05) is 12.3 Å². The van der Waals surface area contributed by atoms with Crippen molar-refractivity contribution in [2.45, 2.75) is 31.1 Å². The van der Waals surface area contributed by atoms with Crippen molar-refractivity contribution in [3.63, 3.8) is 0 Å². The van der Waals surface area contributed by atoms with E-state index in [1.165, 1.54) is 0 Å². The van der Waals surface area contributed by atoms with Gasteiger partial charge in [-0.25, -0.2) is 13.4 Å². The summed E-state index contributed by atoms with van der Waals surface area (Å²) in [5.41, 5.74) is 0.821. The minimum Gasteiger partial charge on any atom is -0.378 e. The second-order valence-electron chi connectivity index (χ2n) is 4.74. The predicted molar refractivity (Wildman–Crippen MR) is 69.1 cm³/mol. The first-order valence-corrected chi connectivity index (χ1v) is 8.48. The zero-order valence-corrected chi connectivity index (χ0v) is 11.8. The molecule has 2 aliphatic rings. The second-order valence-corrected chi connectivity index (χ2v) is 7.96. The summed E-state index contributed by atoms with van der Waals surface area (Å²) in [7, 11) is -3.16. The lowest BCUT2D eigenvalue weighted by Crippen LogP contribution is -2.44. The van der Waals surface area contributed by atoms with Gasteiger partial charge in [0.2, 0.25) is 10.0 Å². The van der Waals surface area contributed by atoms with E-state index in [4.69, 9.17) is 4.74 Å². The molecule has 5 nitrogen and oxygen atoms in total. The molecule has 1 atom stereocenters. The molecule has 2 fully saturated rings. The highest BCUT2D eigenvalue weighted by Crippen LogP contribution is 2.36. The lowest BCUT2D eigenvalue weighted by molar-refractivity contribution is 0.0307. The van der Waals surface area contributed by atoms with Crippen molar-refractivity contribution in [3.05, 3.63) is 16.1 Å². The van der Waals surface area contributed by atoms with Gasteiger partial charge in [0, 0.05) is 11.9 Å². The summed E-state index contributed by atoms with van der Waals surface area (Å²) in [6.07, 6.45) is 1.59. The molecule has 2 heterocycles. The smallest absolute Gasteiger partial charge is 0.217 e. The first-order valence-electron chi connectivity index (χ1n) is 6.09. The molecule has 1 aromatic heterocycles. The van der Waals surface area contributed by atoms with Crippen molar-refractivity contribution in [1.82, 2.24) is 9.29 Å². The number of sulfonamides is 1. The Bertz CT molecular complexity index is 536. The van der Waals surface area contributed by atoms with Crippen LogP contribution in [-0.4, -0.2) is 42.7 Å². The minimum absolute atomic E-state index is 0.169. The number of aryl methyl sites for hydroxylation is 1. The molecule has 0 radical (unpaired) electrons. The summed E-state index contributed by atoms with van der Waals surface area (Å²) in [5, 5.41) is 2.72. The van der Waals surface area contributed by atoms with E-state index in [0.29, 0.717) is 19.8 Å². The fourth-order valence-corrected chi connectivity index (χ4v) is 4.84. The number of rotatable bonds is 3. The maximum absolute atomic E-state index is 12.4. The van der Waals surface area contributed by atoms with Crippen LogP contribution >= 0.6 is 11.3 Å². The van der Waals surface area contributed by atoms with E-state index < -0.39 is 10.0 Å². The predicted octanol–water partition coefficient (Wildman–Crippen LogP) is 1.32. The van der Waals surface area contributed by atoms with Gasteiger partial charge in [0.15, 0.2) is 0 Å². The quantitative estimate of drug-likeness (QED) is 0.841. The molecule has 1 saturated heterocycles. The van der Waals surface area contributed by atoms with Crippen molar-refractivity contribution >= 4 is 21.4 Å². The molecule has 1 saturated carbocycles. The zero-order chi connectivity index (χ0) is 12.8. The van der Waals surface area contributed by atoms with E-state index in [1.54, 1.807) is 15.6 Å². The van der Waals surface area contributed by atoms with Crippen LogP contribution in [0.2, 0.25) is 0 Å². The monoisotopic (exact) mass is 288 g/mol. The average Bonchev–Trinajstić information content (AvgIpc) is 3.13. The summed E-state index contributed by atoms with van der Waals surface area (Å²) in [6, 6.07) is -0.241. The summed E-state index contributed by atoms with van der Waals surface area (Å²) in [6.45, 7) is 3.26. The SMILES string of the molecule is Cc1nc([C@H]2COCCN2S(=O)(=O)C2CC2)cs1. The summed E-state index contributed by atoms with van der Waals surface area (Å²) >= 11 is 1.55. The maximum Gasteiger partial charge on any atom is 0.217 e. The van der Waals surface area contributed by atoms with Crippen LogP contribution < -0.4 is 0 Å². The largest absolute Gasteiger partial charge is 0.378 e. The van der Waals surface area contributed by atoms with Crippen molar-refractivity contribution in [1.29, 1.82) is 0 Å². The van der Waals surface area contributed by atoms with Crippen LogP contribution in [0, 0.1) is 6.92 Å². The molecule has 0 bridgehead atoms. The summed E-state index contributed by atoms with van der Waals surface area (Å²) in [5.74, 6) is 0. The maximum atomic E-state index is 12.4. The second kappa shape index (κ2) is 4.56. The molecule has 1 aliphatic heterocycles. The summed E-state index contributed by atoms with van der Waals surface area (Å²) < 4.78 is 31.8. The van der Waals surface area contributed by atoms with E-state index in [9.17, 15) is 8.42 Å². The van der Waals surface area contributed by atoms with E-state index in [0.717, 1.165) is 23.5 Å². The fraction of sp³-hybridized carbons (Fsp3) is 0.727. The van der Waals surface area contributed by atoms with Crippen LogP contribution in [0.4, 0.5) is 0 Å². The molecule has 0 spiro atoms. The molecule has 0 unspecified atom stereocenters. The lowest BCUT2D eigenvalue weighted by atomic mass is 10.2. The Morgan fingerprint density at radius 3 is 2.89 bits per heavy atom. The van der Waals surface area contributed by atoms with Crippen molar-refractivity contribution in [2.24, 2.45) is 0 Å². The molecule has 0 amide bonds. The first kappa shape index (κ1) is 12.5. The number of hydrogen-bond acceptors (Lipinski definition) is 5. The molecule has 0 aromatic carbocycles. The van der Waals surface area contributed by atoms with Gasteiger partial charge in [-0.2, -0.15) is 4.31 Å². The topological polar surface area (TPSA) is 59.5 Å². The van der Waals surface area contributed by atoms with Crippen LogP contribution in [0.15, 0.2) is 5.38 Å². The van der Waals surface area contributed by atoms with Crippen molar-refractivity contribution in [3.8, 4) is 0 Å². The average molecular weight is 288 g/mol. The van der Waals surface area contributed by atoms with Gasteiger partial charge >= 0.3 is 0 Å². The molecule has 100 valence electrons. The van der Waals surface area contributed by atoms with Crippen LogP contribution in [0.1, 0.15) is 29.6 Å². The number of ether oxygens (including phenoxy) is 1. The normalized spacial score (nSPS) is 26.4. The molecule has 0 N–H and O–H groups in total. The Hall–Kier alpha value is -0.500. The highest BCUT2D eigenvalue weighted by molar-refractivity contribution is 7.90. The third-order valence-corrected chi connectivity index (χ3v) is 6.53. The van der Waals surface area contributed by atoms with Crippen molar-refractivity contribution in [2.75, 3.05) is 19.8 Å². The first-order chi connectivity index (χ1) is 8.59. The van der Waals surface area contributed by atoms with Gasteiger partial charge < -0.3 is 4.74 Å². The fourth-order valence-electron chi connectivity index (χ4n) is 2.22. The molecule has 1 aromatic rings. The Labute approximate surface area is 111 Å². The Balaban J connectivity index is 1.90. The Morgan fingerprint density at radius 1 is 1.50 bits per heavy atom. The van der Waals surface area contributed by atoms with E-state index in [2.05, 4.69) is 4.98 Å². The van der Waals surface area contributed by atoms with Gasteiger partial charge in [-0.05, 0) is 19.8 Å². The number of thiazole rings is 1. The third-order valence-electron chi connectivity index (χ3n) is 3.33. The highest BCUT2D eigenvalue weighted by Gasteiger charge is 2.44. The van der Waals surface area contributed by atoms with Gasteiger partial charge in [0.05, 0.1) is 35.2 Å².